The molecule has 0 fully saturated rings. The van der Waals surface area contributed by atoms with Gasteiger partial charge in [-0.1, -0.05) is 3.89 Å². The highest BCUT2D eigenvalue weighted by Gasteiger charge is 2.11. The van der Waals surface area contributed by atoms with Gasteiger partial charge in [0.1, 0.15) is 5.75 Å². The fourth-order valence-electron chi connectivity index (χ4n) is 0.814. The van der Waals surface area contributed by atoms with Gasteiger partial charge >= 0.3 is 10.5 Å². The molecule has 0 aromatic heterocycles. The quantitative estimate of drug-likeness (QED) is 0.729. The normalized spacial score (nSPS) is 11.1. The lowest BCUT2D eigenvalue weighted by molar-refractivity contribution is 0.383. The van der Waals surface area contributed by atoms with E-state index in [0.29, 0.717) is 6.07 Å². The molecule has 0 amide bonds. The number of rotatable bonds is 3. The molecule has 0 aliphatic rings. The van der Waals surface area contributed by atoms with Gasteiger partial charge < -0.3 is 8.92 Å². The Kier molecular flexibility index (Phi) is 2.90. The van der Waals surface area contributed by atoms with E-state index < -0.39 is 22.1 Å². The maximum atomic E-state index is 12.9. The van der Waals surface area contributed by atoms with Gasteiger partial charge in [-0.05, 0) is 12.1 Å². The minimum atomic E-state index is -5.12. The summed E-state index contributed by atoms with van der Waals surface area (Å²) >= 11 is 0. The molecule has 0 aliphatic carbocycles. The first kappa shape index (κ1) is 10.7. The van der Waals surface area contributed by atoms with Gasteiger partial charge in [-0.15, -0.1) is 0 Å². The third kappa shape index (κ3) is 2.84. The second-order valence-electron chi connectivity index (χ2n) is 2.27. The van der Waals surface area contributed by atoms with E-state index in [2.05, 4.69) is 8.92 Å². The van der Waals surface area contributed by atoms with Crippen LogP contribution in [0.5, 0.6) is 11.5 Å². The van der Waals surface area contributed by atoms with Crippen LogP contribution in [0.4, 0.5) is 8.28 Å². The average molecular weight is 224 g/mol. The maximum Gasteiger partial charge on any atom is 0.488 e. The number of ether oxygens (including phenoxy) is 1. The molecule has 0 unspecified atom stereocenters. The van der Waals surface area contributed by atoms with E-state index in [4.69, 9.17) is 0 Å². The van der Waals surface area contributed by atoms with Crippen LogP contribution >= 0.6 is 0 Å². The summed E-state index contributed by atoms with van der Waals surface area (Å²) in [5.74, 6) is -1.38. The lowest BCUT2D eigenvalue weighted by Gasteiger charge is -2.03. The zero-order valence-corrected chi connectivity index (χ0v) is 7.85. The van der Waals surface area contributed by atoms with Crippen molar-refractivity contribution < 1.29 is 25.6 Å². The molecule has 0 heterocycles. The van der Waals surface area contributed by atoms with Crippen LogP contribution in [0, 0.1) is 5.82 Å². The molecule has 7 heteroatoms. The van der Waals surface area contributed by atoms with Crippen LogP contribution < -0.4 is 8.92 Å². The molecule has 1 aromatic carbocycles. The molecule has 0 saturated heterocycles. The maximum absolute atomic E-state index is 12.9. The first-order chi connectivity index (χ1) is 6.42. The third-order valence-electron chi connectivity index (χ3n) is 1.32. The van der Waals surface area contributed by atoms with Crippen molar-refractivity contribution in [2.45, 2.75) is 0 Å². The van der Waals surface area contributed by atoms with Crippen molar-refractivity contribution in [3.63, 3.8) is 0 Å². The van der Waals surface area contributed by atoms with Gasteiger partial charge in [0.15, 0.2) is 11.6 Å². The Morgan fingerprint density at radius 2 is 2.00 bits per heavy atom. The summed E-state index contributed by atoms with van der Waals surface area (Å²) in [4.78, 5) is 0. The predicted octanol–water partition coefficient (Wildman–Crippen LogP) is 1.43. The van der Waals surface area contributed by atoms with Crippen molar-refractivity contribution in [3.05, 3.63) is 24.0 Å². The molecule has 0 saturated carbocycles. The molecule has 0 aliphatic heterocycles. The summed E-state index contributed by atoms with van der Waals surface area (Å²) < 4.78 is 53.3. The van der Waals surface area contributed by atoms with E-state index in [9.17, 15) is 16.7 Å². The van der Waals surface area contributed by atoms with E-state index in [1.54, 1.807) is 0 Å². The molecule has 78 valence electrons. The van der Waals surface area contributed by atoms with Gasteiger partial charge in [0.05, 0.1) is 7.11 Å². The van der Waals surface area contributed by atoms with Gasteiger partial charge in [0.2, 0.25) is 0 Å². The number of benzene rings is 1. The zero-order chi connectivity index (χ0) is 10.8. The molecule has 1 aromatic rings. The fourth-order valence-corrected chi connectivity index (χ4v) is 1.15. The average Bonchev–Trinajstić information content (AvgIpc) is 2.01. The third-order valence-corrected chi connectivity index (χ3v) is 1.71. The van der Waals surface area contributed by atoms with Crippen LogP contribution in [0.2, 0.25) is 0 Å². The van der Waals surface area contributed by atoms with Crippen molar-refractivity contribution in [2.24, 2.45) is 0 Å². The summed E-state index contributed by atoms with van der Waals surface area (Å²) in [5, 5.41) is 0. The molecule has 0 spiro atoms. The van der Waals surface area contributed by atoms with Gasteiger partial charge in [-0.25, -0.2) is 4.39 Å². The second kappa shape index (κ2) is 3.79. The van der Waals surface area contributed by atoms with E-state index >= 15 is 0 Å². The van der Waals surface area contributed by atoms with Crippen LogP contribution in [0.3, 0.4) is 0 Å². The fraction of sp³-hybridized carbons (Fsp3) is 0.143. The van der Waals surface area contributed by atoms with Gasteiger partial charge in [0.25, 0.3) is 0 Å². The number of hydrogen-bond acceptors (Lipinski definition) is 4. The lowest BCUT2D eigenvalue weighted by Crippen LogP contribution is -2.01. The molecule has 14 heavy (non-hydrogen) atoms. The van der Waals surface area contributed by atoms with Gasteiger partial charge in [0, 0.05) is 6.07 Å². The monoisotopic (exact) mass is 224 g/mol. The van der Waals surface area contributed by atoms with Crippen LogP contribution in [-0.4, -0.2) is 15.5 Å². The van der Waals surface area contributed by atoms with Crippen molar-refractivity contribution in [2.75, 3.05) is 7.11 Å². The highest BCUT2D eigenvalue weighted by molar-refractivity contribution is 7.81. The Morgan fingerprint density at radius 3 is 2.43 bits per heavy atom. The molecule has 4 nitrogen and oxygen atoms in total. The largest absolute Gasteiger partial charge is 0.494 e. The van der Waals surface area contributed by atoms with Crippen LogP contribution in [-0.2, 0) is 10.5 Å². The van der Waals surface area contributed by atoms with Crippen molar-refractivity contribution >= 4 is 10.5 Å². The van der Waals surface area contributed by atoms with Crippen LogP contribution in [0.15, 0.2) is 18.2 Å². The Bertz CT molecular complexity index is 429. The standard InChI is InChI=1S/C7H6F2O4S/c1-12-7-3-2-5(4-6(7)8)13-14(9,10)11/h2-4H,1H3. The molecule has 0 N–H and O–H groups in total. The summed E-state index contributed by atoms with van der Waals surface area (Å²) in [5.41, 5.74) is 0. The Labute approximate surface area is 79.5 Å². The molecule has 0 radical (unpaired) electrons. The second-order valence-corrected chi connectivity index (χ2v) is 3.23. The van der Waals surface area contributed by atoms with E-state index in [1.807, 2.05) is 0 Å². The van der Waals surface area contributed by atoms with Gasteiger partial charge in [-0.2, -0.15) is 8.42 Å². The minimum Gasteiger partial charge on any atom is -0.494 e. The first-order valence-corrected chi connectivity index (χ1v) is 4.71. The smallest absolute Gasteiger partial charge is 0.488 e. The zero-order valence-electron chi connectivity index (χ0n) is 7.03. The van der Waals surface area contributed by atoms with E-state index in [0.717, 1.165) is 12.1 Å². The molecular weight excluding hydrogens is 218 g/mol. The Balaban J connectivity index is 2.98. The number of halogens is 2. The highest BCUT2D eigenvalue weighted by atomic mass is 32.3. The SMILES string of the molecule is COc1ccc(OS(=O)(=O)F)cc1F. The lowest BCUT2D eigenvalue weighted by atomic mass is 10.3. The molecular formula is C7H6F2O4S. The summed E-state index contributed by atoms with van der Waals surface area (Å²) in [7, 11) is -3.88. The summed E-state index contributed by atoms with van der Waals surface area (Å²) in [6, 6.07) is 2.89. The number of hydrogen-bond donors (Lipinski definition) is 0. The molecule has 0 bridgehead atoms. The van der Waals surface area contributed by atoms with Gasteiger partial charge in [-0.3, -0.25) is 0 Å². The summed E-state index contributed by atoms with van der Waals surface area (Å²) in [6.45, 7) is 0. The van der Waals surface area contributed by atoms with Crippen molar-refractivity contribution in [1.29, 1.82) is 0 Å². The molecule has 1 rings (SSSR count). The Hall–Kier alpha value is -1.37. The topological polar surface area (TPSA) is 52.6 Å². The van der Waals surface area contributed by atoms with E-state index in [-0.39, 0.29) is 5.75 Å². The van der Waals surface area contributed by atoms with Crippen molar-refractivity contribution in [3.8, 4) is 11.5 Å². The van der Waals surface area contributed by atoms with E-state index in [1.165, 1.54) is 7.11 Å². The van der Waals surface area contributed by atoms with Crippen LogP contribution in [0.1, 0.15) is 0 Å². The highest BCUT2D eigenvalue weighted by Crippen LogP contribution is 2.23. The minimum absolute atomic E-state index is 0.0893. The first-order valence-electron chi connectivity index (χ1n) is 3.40. The molecule has 0 atom stereocenters. The summed E-state index contributed by atoms with van der Waals surface area (Å²) in [6.07, 6.45) is 0. The number of methoxy groups -OCH3 is 1. The van der Waals surface area contributed by atoms with Crippen molar-refractivity contribution in [1.82, 2.24) is 0 Å². The predicted molar refractivity (Wildman–Crippen MR) is 43.6 cm³/mol. The van der Waals surface area contributed by atoms with Crippen LogP contribution in [0.25, 0.3) is 0 Å². The Morgan fingerprint density at radius 1 is 1.36 bits per heavy atom.